The number of aliphatic hydroxyl groups excluding tert-OH is 1. The number of terminal acetylenes is 1. The van der Waals surface area contributed by atoms with Crippen molar-refractivity contribution in [1.82, 2.24) is 0 Å². The minimum atomic E-state index is -1.15. The molecule has 37 heavy (non-hydrogen) atoms. The van der Waals surface area contributed by atoms with Crippen LogP contribution in [-0.2, 0) is 19.1 Å². The smallest absolute Gasteiger partial charge is 0.385 e. The summed E-state index contributed by atoms with van der Waals surface area (Å²) in [5.74, 6) is 56.8. The number of hydrogen-bond donors (Lipinski definition) is 1. The number of esters is 2. The fraction of sp³-hybridized carbons (Fsp3) is 0.125. The predicted octanol–water partition coefficient (Wildman–Crippen LogP) is -0.872. The molecule has 0 radical (unpaired) electrons. The van der Waals surface area contributed by atoms with Crippen molar-refractivity contribution in [3.63, 3.8) is 0 Å². The maximum Gasteiger partial charge on any atom is 0.385 e. The van der Waals surface area contributed by atoms with Gasteiger partial charge in [0.25, 0.3) is 0 Å². The fourth-order valence-corrected chi connectivity index (χ4v) is 1.30. The second-order valence-electron chi connectivity index (χ2n) is 5.08. The predicted molar refractivity (Wildman–Crippen MR) is 136 cm³/mol. The third-order valence-corrected chi connectivity index (χ3v) is 2.59. The molecule has 0 aromatic heterocycles. The highest BCUT2D eigenvalue weighted by Gasteiger charge is 2.14. The van der Waals surface area contributed by atoms with E-state index in [0.29, 0.717) is 0 Å². The Balaban J connectivity index is 4.59. The van der Waals surface area contributed by atoms with Crippen LogP contribution in [0.2, 0.25) is 0 Å². The van der Waals surface area contributed by atoms with Crippen LogP contribution in [0.15, 0.2) is 0 Å². The van der Waals surface area contributed by atoms with E-state index in [4.69, 9.17) is 15.9 Å². The van der Waals surface area contributed by atoms with E-state index in [2.05, 4.69) is 148 Å². The number of carbonyl (C=O) groups excluding carboxylic acids is 2. The van der Waals surface area contributed by atoms with E-state index < -0.39 is 31.3 Å². The Morgan fingerprint density at radius 1 is 0.622 bits per heavy atom. The quantitative estimate of drug-likeness (QED) is 0.326. The first-order valence-corrected chi connectivity index (χ1v) is 9.51. The van der Waals surface area contributed by atoms with Crippen LogP contribution in [0.4, 0.5) is 0 Å². The summed E-state index contributed by atoms with van der Waals surface area (Å²) in [4.78, 5) is 23.2. The first kappa shape index (κ1) is 30.2. The van der Waals surface area contributed by atoms with Crippen LogP contribution in [0.1, 0.15) is 6.92 Å². The molecule has 0 rings (SSSR count). The Labute approximate surface area is 216 Å². The normalized spacial score (nSPS) is 6.51. The minimum Gasteiger partial charge on any atom is -0.452 e. The van der Waals surface area contributed by atoms with Crippen molar-refractivity contribution in [2.75, 3.05) is 13.2 Å². The van der Waals surface area contributed by atoms with Crippen molar-refractivity contribution < 1.29 is 24.2 Å². The van der Waals surface area contributed by atoms with E-state index >= 15 is 0 Å². The summed E-state index contributed by atoms with van der Waals surface area (Å²) in [5.41, 5.74) is 0. The van der Waals surface area contributed by atoms with Gasteiger partial charge in [-0.25, -0.2) is 9.59 Å². The van der Waals surface area contributed by atoms with Crippen molar-refractivity contribution in [3.05, 3.63) is 0 Å². The average Bonchev–Trinajstić information content (AvgIpc) is 2.90. The summed E-state index contributed by atoms with van der Waals surface area (Å²) in [6.07, 6.45) is 3.76. The average molecular weight is 474 g/mol. The molecule has 1 atom stereocenters. The molecule has 5 heteroatoms. The van der Waals surface area contributed by atoms with Crippen LogP contribution < -0.4 is 0 Å². The third kappa shape index (κ3) is 22.2. The van der Waals surface area contributed by atoms with Crippen LogP contribution in [0.25, 0.3) is 0 Å². The summed E-state index contributed by atoms with van der Waals surface area (Å²) in [6.45, 7) is 0.588. The van der Waals surface area contributed by atoms with Gasteiger partial charge < -0.3 is 14.6 Å². The van der Waals surface area contributed by atoms with Gasteiger partial charge in [0, 0.05) is 11.8 Å². The second-order valence-corrected chi connectivity index (χ2v) is 5.08. The van der Waals surface area contributed by atoms with Gasteiger partial charge in [0.1, 0.15) is 6.61 Å². The van der Waals surface area contributed by atoms with E-state index in [1.54, 1.807) is 6.92 Å². The van der Waals surface area contributed by atoms with Gasteiger partial charge in [-0.3, -0.25) is 0 Å². The van der Waals surface area contributed by atoms with Gasteiger partial charge in [-0.2, -0.15) is 0 Å². The molecule has 168 valence electrons. The Morgan fingerprint density at radius 3 is 1.41 bits per heavy atom. The topological polar surface area (TPSA) is 72.8 Å². The Hall–Kier alpha value is -6.82. The molecule has 0 aromatic carbocycles. The van der Waals surface area contributed by atoms with E-state index in [9.17, 15) is 14.7 Å². The molecule has 0 heterocycles. The van der Waals surface area contributed by atoms with Crippen LogP contribution in [0, 0.1) is 154 Å². The number of hydrogen-bond acceptors (Lipinski definition) is 5. The van der Waals surface area contributed by atoms with Gasteiger partial charge in [-0.1, -0.05) is 5.92 Å². The van der Waals surface area contributed by atoms with Crippen molar-refractivity contribution in [2.24, 2.45) is 0 Å². The molecule has 0 saturated heterocycles. The lowest BCUT2D eigenvalue weighted by Gasteiger charge is -2.12. The van der Waals surface area contributed by atoms with Crippen molar-refractivity contribution >= 4 is 11.9 Å². The maximum atomic E-state index is 11.6. The lowest BCUT2D eigenvalue weighted by Crippen LogP contribution is -2.27. The minimum absolute atomic E-state index is 0.448. The van der Waals surface area contributed by atoms with Crippen molar-refractivity contribution in [1.29, 1.82) is 0 Å². The zero-order valence-corrected chi connectivity index (χ0v) is 19.1. The molecule has 0 unspecified atom stereocenters. The van der Waals surface area contributed by atoms with Crippen LogP contribution in [0.3, 0.4) is 0 Å². The monoisotopic (exact) mass is 474 g/mol. The molecule has 0 aliphatic heterocycles. The first-order valence-electron chi connectivity index (χ1n) is 9.51. The molecular weight excluding hydrogens is 464 g/mol. The molecule has 0 aliphatic rings. The summed E-state index contributed by atoms with van der Waals surface area (Å²) in [7, 11) is 0. The van der Waals surface area contributed by atoms with E-state index in [-0.39, 0.29) is 0 Å². The van der Waals surface area contributed by atoms with E-state index in [1.165, 1.54) is 0 Å². The molecule has 5 nitrogen and oxygen atoms in total. The van der Waals surface area contributed by atoms with Crippen molar-refractivity contribution in [3.8, 4) is 154 Å². The number of ether oxygens (including phenoxy) is 2. The number of rotatable bonds is 4. The van der Waals surface area contributed by atoms with Gasteiger partial charge in [0.05, 0.1) is 6.61 Å². The SMILES string of the molecule is C#CC#CC#CC#CC#CC#CC#CC(=O)O[C@H](CO)COC(=O)C#CC#CC#CC#CC#CC#CC. The molecule has 0 amide bonds. The summed E-state index contributed by atoms with van der Waals surface area (Å²) in [6, 6.07) is 0. The van der Waals surface area contributed by atoms with Crippen molar-refractivity contribution in [2.45, 2.75) is 13.0 Å². The molecule has 0 aromatic rings. The van der Waals surface area contributed by atoms with Crippen LogP contribution >= 0.6 is 0 Å². The highest BCUT2D eigenvalue weighted by molar-refractivity contribution is 5.90. The van der Waals surface area contributed by atoms with Gasteiger partial charge in [0.2, 0.25) is 0 Å². The molecular formula is C32H10O5. The highest BCUT2D eigenvalue weighted by atomic mass is 16.6. The van der Waals surface area contributed by atoms with E-state index in [0.717, 1.165) is 0 Å². The number of carbonyl (C=O) groups is 2. The first-order chi connectivity index (χ1) is 18.1. The molecule has 0 fully saturated rings. The molecule has 0 aliphatic carbocycles. The van der Waals surface area contributed by atoms with Gasteiger partial charge in [-0.15, -0.1) is 6.42 Å². The Kier molecular flexibility index (Phi) is 19.4. The Morgan fingerprint density at radius 2 is 1.00 bits per heavy atom. The second kappa shape index (κ2) is 23.8. The van der Waals surface area contributed by atoms with Gasteiger partial charge >= 0.3 is 11.9 Å². The lowest BCUT2D eigenvalue weighted by molar-refractivity contribution is -0.153. The zero-order valence-electron chi connectivity index (χ0n) is 19.1. The number of aliphatic hydroxyl groups is 1. The summed E-state index contributed by atoms with van der Waals surface area (Å²) >= 11 is 0. The lowest BCUT2D eigenvalue weighted by atomic mass is 10.4. The summed E-state index contributed by atoms with van der Waals surface area (Å²) in [5, 5.41) is 9.24. The maximum absolute atomic E-state index is 11.6. The standard InChI is InChI=1S/C32H10O5/c1-3-5-7-9-11-13-15-17-19-21-23-25-27-32(35)37-30(28-33)29-36-31(34)26-24-22-20-18-16-14-12-10-8-6-4-2/h1,30,33H,28-29H2,2H3/t30-/m1/s1. The fourth-order valence-electron chi connectivity index (χ4n) is 1.30. The van der Waals surface area contributed by atoms with Crippen LogP contribution in [-0.4, -0.2) is 36.4 Å². The Bertz CT molecular complexity index is 1710. The third-order valence-electron chi connectivity index (χ3n) is 2.59. The van der Waals surface area contributed by atoms with Crippen LogP contribution in [0.5, 0.6) is 0 Å². The zero-order chi connectivity index (χ0) is 27.2. The van der Waals surface area contributed by atoms with Gasteiger partial charge in [0.15, 0.2) is 6.10 Å². The molecule has 0 saturated carbocycles. The molecule has 0 spiro atoms. The highest BCUT2D eigenvalue weighted by Crippen LogP contribution is 1.94. The largest absolute Gasteiger partial charge is 0.452 e. The van der Waals surface area contributed by atoms with Gasteiger partial charge in [-0.05, 0) is 137 Å². The van der Waals surface area contributed by atoms with E-state index in [1.807, 2.05) is 0 Å². The molecule has 1 N–H and O–H groups in total. The summed E-state index contributed by atoms with van der Waals surface area (Å²) < 4.78 is 9.60. The molecule has 0 bridgehead atoms.